The average Bonchev–Trinajstić information content (AvgIpc) is 2.41. The SMILES string of the molecule is O=C(O)c1ccc(I)c(OCc2cc(Cl)ccc2Cl)c1. The van der Waals surface area contributed by atoms with Gasteiger partial charge in [0.15, 0.2) is 0 Å². The van der Waals surface area contributed by atoms with E-state index in [4.69, 9.17) is 33.0 Å². The Hall–Kier alpha value is -0.980. The number of rotatable bonds is 4. The first kappa shape index (κ1) is 15.4. The molecule has 0 bridgehead atoms. The van der Waals surface area contributed by atoms with Crippen molar-refractivity contribution in [1.29, 1.82) is 0 Å². The Kier molecular flexibility index (Phi) is 5.12. The van der Waals surface area contributed by atoms with E-state index < -0.39 is 5.97 Å². The molecule has 0 aliphatic heterocycles. The normalized spacial score (nSPS) is 10.3. The standard InChI is InChI=1S/C14H9Cl2IO3/c15-10-2-3-11(16)9(5-10)7-20-13-6-8(14(18)19)1-4-12(13)17/h1-6H,7H2,(H,18,19). The lowest BCUT2D eigenvalue weighted by molar-refractivity contribution is 0.0696. The second kappa shape index (κ2) is 6.65. The summed E-state index contributed by atoms with van der Waals surface area (Å²) < 4.78 is 6.46. The van der Waals surface area contributed by atoms with E-state index in [2.05, 4.69) is 22.6 Å². The molecule has 2 aromatic rings. The van der Waals surface area contributed by atoms with Crippen molar-refractivity contribution in [2.24, 2.45) is 0 Å². The zero-order chi connectivity index (χ0) is 14.7. The number of carboxylic acids is 1. The molecule has 0 spiro atoms. The van der Waals surface area contributed by atoms with Gasteiger partial charge in [0.05, 0.1) is 9.13 Å². The van der Waals surface area contributed by atoms with Gasteiger partial charge in [0.2, 0.25) is 0 Å². The van der Waals surface area contributed by atoms with Crippen LogP contribution in [-0.2, 0) is 6.61 Å². The molecule has 2 rings (SSSR count). The molecule has 1 N–H and O–H groups in total. The van der Waals surface area contributed by atoms with E-state index in [1.54, 1.807) is 24.3 Å². The Morgan fingerprint density at radius 3 is 2.65 bits per heavy atom. The molecule has 0 amide bonds. The predicted molar refractivity (Wildman–Crippen MR) is 86.9 cm³/mol. The summed E-state index contributed by atoms with van der Waals surface area (Å²) in [6.07, 6.45) is 0. The van der Waals surface area contributed by atoms with Crippen LogP contribution in [-0.4, -0.2) is 11.1 Å². The molecular formula is C14H9Cl2IO3. The number of hydrogen-bond acceptors (Lipinski definition) is 2. The van der Waals surface area contributed by atoms with E-state index in [0.717, 1.165) is 9.13 Å². The topological polar surface area (TPSA) is 46.5 Å². The van der Waals surface area contributed by atoms with Gasteiger partial charge >= 0.3 is 5.97 Å². The highest BCUT2D eigenvalue weighted by Crippen LogP contribution is 2.26. The van der Waals surface area contributed by atoms with Gasteiger partial charge in [-0.15, -0.1) is 0 Å². The molecule has 6 heteroatoms. The summed E-state index contributed by atoms with van der Waals surface area (Å²) in [5, 5.41) is 10.1. The molecule has 0 saturated carbocycles. The molecule has 0 aliphatic carbocycles. The van der Waals surface area contributed by atoms with Crippen LogP contribution in [0.5, 0.6) is 5.75 Å². The molecule has 20 heavy (non-hydrogen) atoms. The minimum absolute atomic E-state index is 0.178. The van der Waals surface area contributed by atoms with Crippen LogP contribution in [0.1, 0.15) is 15.9 Å². The van der Waals surface area contributed by atoms with Crippen LogP contribution in [0.2, 0.25) is 10.0 Å². The number of aromatic carboxylic acids is 1. The lowest BCUT2D eigenvalue weighted by Crippen LogP contribution is -2.01. The summed E-state index contributed by atoms with van der Waals surface area (Å²) in [6, 6.07) is 9.83. The van der Waals surface area contributed by atoms with Crippen molar-refractivity contribution < 1.29 is 14.6 Å². The largest absolute Gasteiger partial charge is 0.488 e. The fourth-order valence-corrected chi connectivity index (χ4v) is 2.41. The molecule has 104 valence electrons. The number of carboxylic acid groups (broad SMARTS) is 1. The van der Waals surface area contributed by atoms with E-state index in [-0.39, 0.29) is 12.2 Å². The summed E-state index contributed by atoms with van der Waals surface area (Å²) >= 11 is 14.0. The minimum Gasteiger partial charge on any atom is -0.488 e. The highest BCUT2D eigenvalue weighted by atomic mass is 127. The van der Waals surface area contributed by atoms with Crippen molar-refractivity contribution in [2.45, 2.75) is 6.61 Å². The second-order valence-electron chi connectivity index (χ2n) is 3.97. The van der Waals surface area contributed by atoms with E-state index in [9.17, 15) is 4.79 Å². The van der Waals surface area contributed by atoms with Gasteiger partial charge in [-0.3, -0.25) is 0 Å². The van der Waals surface area contributed by atoms with Crippen LogP contribution < -0.4 is 4.74 Å². The molecule has 0 saturated heterocycles. The first-order chi connectivity index (χ1) is 9.47. The summed E-state index contributed by atoms with van der Waals surface area (Å²) in [7, 11) is 0. The van der Waals surface area contributed by atoms with E-state index in [1.165, 1.54) is 12.1 Å². The van der Waals surface area contributed by atoms with Gasteiger partial charge in [0.1, 0.15) is 12.4 Å². The number of halogens is 3. The van der Waals surface area contributed by atoms with Gasteiger partial charge in [0.25, 0.3) is 0 Å². The fraction of sp³-hybridized carbons (Fsp3) is 0.0714. The smallest absolute Gasteiger partial charge is 0.335 e. The number of benzene rings is 2. The Labute approximate surface area is 139 Å². The highest BCUT2D eigenvalue weighted by Gasteiger charge is 2.09. The quantitative estimate of drug-likeness (QED) is 0.714. The molecule has 0 atom stereocenters. The van der Waals surface area contributed by atoms with Gasteiger partial charge in [-0.1, -0.05) is 23.2 Å². The van der Waals surface area contributed by atoms with Gasteiger partial charge in [-0.2, -0.15) is 0 Å². The molecule has 0 radical (unpaired) electrons. The average molecular weight is 423 g/mol. The molecule has 0 aromatic heterocycles. The Morgan fingerprint density at radius 2 is 1.95 bits per heavy atom. The highest BCUT2D eigenvalue weighted by molar-refractivity contribution is 14.1. The maximum absolute atomic E-state index is 10.9. The van der Waals surface area contributed by atoms with Crippen molar-refractivity contribution in [2.75, 3.05) is 0 Å². The molecule has 3 nitrogen and oxygen atoms in total. The molecule has 0 fully saturated rings. The van der Waals surface area contributed by atoms with E-state index in [1.807, 2.05) is 0 Å². The maximum Gasteiger partial charge on any atom is 0.335 e. The summed E-state index contributed by atoms with van der Waals surface area (Å²) in [5.41, 5.74) is 0.924. The summed E-state index contributed by atoms with van der Waals surface area (Å²) in [5.74, 6) is -0.492. The third-order valence-corrected chi connectivity index (χ3v) is 4.06. The zero-order valence-corrected chi connectivity index (χ0v) is 13.7. The third-order valence-electron chi connectivity index (χ3n) is 2.57. The number of carbonyl (C=O) groups is 1. The number of ether oxygens (including phenoxy) is 1. The first-order valence-corrected chi connectivity index (χ1v) is 7.40. The van der Waals surface area contributed by atoms with Crippen molar-refractivity contribution >= 4 is 51.8 Å². The maximum atomic E-state index is 10.9. The lowest BCUT2D eigenvalue weighted by atomic mass is 10.2. The van der Waals surface area contributed by atoms with Crippen LogP contribution in [0.4, 0.5) is 0 Å². The third kappa shape index (κ3) is 3.77. The van der Waals surface area contributed by atoms with E-state index in [0.29, 0.717) is 15.8 Å². The Morgan fingerprint density at radius 1 is 1.20 bits per heavy atom. The molecule has 0 aliphatic rings. The molecule has 0 heterocycles. The van der Waals surface area contributed by atoms with Crippen LogP contribution in [0, 0.1) is 3.57 Å². The Balaban J connectivity index is 2.20. The van der Waals surface area contributed by atoms with Crippen molar-refractivity contribution in [3.63, 3.8) is 0 Å². The second-order valence-corrected chi connectivity index (χ2v) is 5.98. The van der Waals surface area contributed by atoms with Gasteiger partial charge < -0.3 is 9.84 Å². The van der Waals surface area contributed by atoms with Gasteiger partial charge in [-0.25, -0.2) is 4.79 Å². The monoisotopic (exact) mass is 422 g/mol. The van der Waals surface area contributed by atoms with Gasteiger partial charge in [-0.05, 0) is 59.0 Å². The van der Waals surface area contributed by atoms with Crippen molar-refractivity contribution in [1.82, 2.24) is 0 Å². The van der Waals surface area contributed by atoms with Crippen LogP contribution in [0.25, 0.3) is 0 Å². The molecular weight excluding hydrogens is 414 g/mol. The predicted octanol–water partition coefficient (Wildman–Crippen LogP) is 4.88. The molecule has 2 aromatic carbocycles. The minimum atomic E-state index is -0.993. The summed E-state index contributed by atoms with van der Waals surface area (Å²) in [4.78, 5) is 10.9. The fourth-order valence-electron chi connectivity index (χ4n) is 1.56. The lowest BCUT2D eigenvalue weighted by Gasteiger charge is -2.10. The van der Waals surface area contributed by atoms with Gasteiger partial charge in [0, 0.05) is 15.6 Å². The number of hydrogen-bond donors (Lipinski definition) is 1. The Bertz CT molecular complexity index is 659. The zero-order valence-electron chi connectivity index (χ0n) is 10.1. The van der Waals surface area contributed by atoms with Crippen LogP contribution >= 0.6 is 45.8 Å². The van der Waals surface area contributed by atoms with E-state index >= 15 is 0 Å². The summed E-state index contributed by atoms with van der Waals surface area (Å²) in [6.45, 7) is 0.221. The van der Waals surface area contributed by atoms with Crippen molar-refractivity contribution in [3.8, 4) is 5.75 Å². The van der Waals surface area contributed by atoms with Crippen molar-refractivity contribution in [3.05, 3.63) is 61.1 Å². The first-order valence-electron chi connectivity index (χ1n) is 5.57. The van der Waals surface area contributed by atoms with Crippen LogP contribution in [0.3, 0.4) is 0 Å². The molecule has 0 unspecified atom stereocenters. The van der Waals surface area contributed by atoms with Crippen LogP contribution in [0.15, 0.2) is 36.4 Å².